The first-order chi connectivity index (χ1) is 18.1. The molecule has 38 heavy (non-hydrogen) atoms. The van der Waals surface area contributed by atoms with Crippen LogP contribution < -0.4 is 4.90 Å². The SMILES string of the molecule is COC(=O)c1coc(CN2C(=O)N(c3cccc(C(F)(F)F)c3)C(C)=C(C#N)C2c2ccc(C=N)cc2)n1. The van der Waals surface area contributed by atoms with Crippen molar-refractivity contribution >= 4 is 23.9 Å². The number of methoxy groups -OCH3 is 1. The summed E-state index contributed by atoms with van der Waals surface area (Å²) in [6, 6.07) is 11.2. The van der Waals surface area contributed by atoms with Gasteiger partial charge in [0.1, 0.15) is 12.8 Å². The number of esters is 1. The van der Waals surface area contributed by atoms with Crippen molar-refractivity contribution in [3.8, 4) is 6.07 Å². The maximum atomic E-state index is 13.9. The molecule has 2 heterocycles. The molecule has 0 saturated carbocycles. The highest BCUT2D eigenvalue weighted by Crippen LogP contribution is 2.41. The zero-order valence-corrected chi connectivity index (χ0v) is 20.1. The van der Waals surface area contributed by atoms with Crippen molar-refractivity contribution < 1.29 is 31.9 Å². The van der Waals surface area contributed by atoms with Crippen LogP contribution in [0.5, 0.6) is 0 Å². The van der Waals surface area contributed by atoms with Crippen molar-refractivity contribution in [2.45, 2.75) is 25.7 Å². The summed E-state index contributed by atoms with van der Waals surface area (Å²) in [7, 11) is 1.17. The minimum Gasteiger partial charge on any atom is -0.464 e. The number of aromatic nitrogens is 1. The van der Waals surface area contributed by atoms with Gasteiger partial charge in [-0.05, 0) is 36.2 Å². The molecule has 2 amide bonds. The third-order valence-corrected chi connectivity index (χ3v) is 5.97. The van der Waals surface area contributed by atoms with Gasteiger partial charge >= 0.3 is 18.2 Å². The lowest BCUT2D eigenvalue weighted by molar-refractivity contribution is -0.137. The molecule has 1 aliphatic heterocycles. The monoisotopic (exact) mass is 523 g/mol. The number of hydrogen-bond donors (Lipinski definition) is 1. The van der Waals surface area contributed by atoms with Gasteiger partial charge in [0, 0.05) is 11.9 Å². The van der Waals surface area contributed by atoms with E-state index in [0.29, 0.717) is 11.1 Å². The minimum atomic E-state index is -4.65. The zero-order chi connectivity index (χ0) is 27.6. The second-order valence-electron chi connectivity index (χ2n) is 8.24. The summed E-state index contributed by atoms with van der Waals surface area (Å²) in [5, 5.41) is 17.6. The Kier molecular flexibility index (Phi) is 7.03. The van der Waals surface area contributed by atoms with Gasteiger partial charge < -0.3 is 19.5 Å². The lowest BCUT2D eigenvalue weighted by atomic mass is 9.93. The van der Waals surface area contributed by atoms with Gasteiger partial charge in [0.25, 0.3) is 0 Å². The molecule has 2 aromatic carbocycles. The summed E-state index contributed by atoms with van der Waals surface area (Å²) in [4.78, 5) is 32.0. The summed E-state index contributed by atoms with van der Waals surface area (Å²) >= 11 is 0. The fourth-order valence-corrected chi connectivity index (χ4v) is 4.13. The minimum absolute atomic E-state index is 0.0549. The highest BCUT2D eigenvalue weighted by molar-refractivity contribution is 5.97. The third-order valence-electron chi connectivity index (χ3n) is 5.97. The molecule has 1 N–H and O–H groups in total. The van der Waals surface area contributed by atoms with E-state index in [0.717, 1.165) is 29.5 Å². The number of nitrogens with zero attached hydrogens (tertiary/aromatic N) is 4. The van der Waals surface area contributed by atoms with Gasteiger partial charge in [-0.3, -0.25) is 4.90 Å². The Morgan fingerprint density at radius 1 is 1.26 bits per heavy atom. The number of ether oxygens (including phenoxy) is 1. The van der Waals surface area contributed by atoms with E-state index in [-0.39, 0.29) is 35.1 Å². The van der Waals surface area contributed by atoms with Crippen LogP contribution in [0.2, 0.25) is 0 Å². The van der Waals surface area contributed by atoms with Gasteiger partial charge in [-0.1, -0.05) is 30.3 Å². The van der Waals surface area contributed by atoms with Crippen molar-refractivity contribution in [1.82, 2.24) is 9.88 Å². The van der Waals surface area contributed by atoms with Crippen molar-refractivity contribution in [1.29, 1.82) is 10.7 Å². The molecule has 0 spiro atoms. The molecule has 9 nitrogen and oxygen atoms in total. The van der Waals surface area contributed by atoms with Crippen molar-refractivity contribution in [3.63, 3.8) is 0 Å². The van der Waals surface area contributed by atoms with E-state index >= 15 is 0 Å². The number of rotatable bonds is 6. The number of hydrogen-bond acceptors (Lipinski definition) is 7. The second-order valence-corrected chi connectivity index (χ2v) is 8.24. The summed E-state index contributed by atoms with van der Waals surface area (Å²) < 4.78 is 50.3. The number of anilines is 1. The average Bonchev–Trinajstić information content (AvgIpc) is 3.38. The third kappa shape index (κ3) is 4.86. The molecule has 0 radical (unpaired) electrons. The summed E-state index contributed by atoms with van der Waals surface area (Å²) in [6.07, 6.45) is -2.46. The summed E-state index contributed by atoms with van der Waals surface area (Å²) in [5.74, 6) is -0.816. The van der Waals surface area contributed by atoms with Crippen molar-refractivity contribution in [2.75, 3.05) is 12.0 Å². The molecule has 0 saturated heterocycles. The zero-order valence-electron chi connectivity index (χ0n) is 20.1. The summed E-state index contributed by atoms with van der Waals surface area (Å²) in [5.41, 5.74) is 0.175. The molecule has 1 aliphatic rings. The first-order valence-corrected chi connectivity index (χ1v) is 11.1. The number of alkyl halides is 3. The Labute approximate surface area is 214 Å². The number of halogens is 3. The predicted molar refractivity (Wildman–Crippen MR) is 128 cm³/mol. The molecule has 194 valence electrons. The van der Waals surface area contributed by atoms with Gasteiger partial charge in [-0.25, -0.2) is 14.6 Å². The van der Waals surface area contributed by atoms with Crippen LogP contribution in [0.3, 0.4) is 0 Å². The van der Waals surface area contributed by atoms with Gasteiger partial charge in [0.15, 0.2) is 5.69 Å². The molecular formula is C26H20F3N5O4. The van der Waals surface area contributed by atoms with Crippen LogP contribution in [-0.4, -0.2) is 35.2 Å². The molecule has 4 rings (SSSR count). The van der Waals surface area contributed by atoms with Crippen LogP contribution in [0.4, 0.5) is 23.7 Å². The Hall–Kier alpha value is -4.92. The van der Waals surface area contributed by atoms with Crippen LogP contribution in [0.1, 0.15) is 46.0 Å². The summed E-state index contributed by atoms with van der Waals surface area (Å²) in [6.45, 7) is 1.16. The largest absolute Gasteiger partial charge is 0.464 e. The van der Waals surface area contributed by atoms with E-state index in [1.54, 1.807) is 24.3 Å². The standard InChI is InChI=1S/C26H20F3N5O4/c1-15-20(12-31)23(17-8-6-16(11-30)7-9-17)33(13-22-32-21(14-38-22)24(35)37-2)25(36)34(15)19-5-3-4-18(10-19)26(27,28)29/h3-11,14,23,30H,13H2,1-2H3. The number of nitrogens with one attached hydrogen (secondary N) is 1. The smallest absolute Gasteiger partial charge is 0.416 e. The molecule has 1 atom stereocenters. The first-order valence-electron chi connectivity index (χ1n) is 11.1. The van der Waals surface area contributed by atoms with E-state index in [9.17, 15) is 28.0 Å². The van der Waals surface area contributed by atoms with Crippen LogP contribution >= 0.6 is 0 Å². The second kappa shape index (κ2) is 10.2. The van der Waals surface area contributed by atoms with E-state index in [4.69, 9.17) is 9.83 Å². The number of benzene rings is 2. The maximum absolute atomic E-state index is 13.9. The number of carbonyl (C=O) groups excluding carboxylic acids is 2. The van der Waals surface area contributed by atoms with Gasteiger partial charge in [-0.2, -0.15) is 18.4 Å². The first kappa shape index (κ1) is 26.2. The fraction of sp³-hybridized carbons (Fsp3) is 0.192. The molecule has 1 unspecified atom stereocenters. The Bertz CT molecular complexity index is 1470. The number of amides is 2. The number of carbonyl (C=O) groups is 2. The lowest BCUT2D eigenvalue weighted by Crippen LogP contribution is -2.49. The van der Waals surface area contributed by atoms with Gasteiger partial charge in [0.2, 0.25) is 5.89 Å². The molecule has 12 heteroatoms. The van der Waals surface area contributed by atoms with Crippen LogP contribution in [0, 0.1) is 16.7 Å². The Morgan fingerprint density at radius 2 is 1.97 bits per heavy atom. The van der Waals surface area contributed by atoms with E-state index in [1.165, 1.54) is 31.1 Å². The number of oxazole rings is 1. The average molecular weight is 523 g/mol. The number of allylic oxidation sites excluding steroid dienone is 1. The number of nitriles is 1. The van der Waals surface area contributed by atoms with Gasteiger partial charge in [0.05, 0.1) is 36.0 Å². The Balaban J connectivity index is 1.86. The normalized spacial score (nSPS) is 15.9. The quantitative estimate of drug-likeness (QED) is 0.338. The highest BCUT2D eigenvalue weighted by Gasteiger charge is 2.41. The Morgan fingerprint density at radius 3 is 2.58 bits per heavy atom. The van der Waals surface area contributed by atoms with Crippen LogP contribution in [0.15, 0.2) is 70.5 Å². The number of urea groups is 1. The topological polar surface area (TPSA) is 124 Å². The fourth-order valence-electron chi connectivity index (χ4n) is 4.13. The molecule has 0 aliphatic carbocycles. The van der Waals surface area contributed by atoms with Crippen molar-refractivity contribution in [2.24, 2.45) is 0 Å². The van der Waals surface area contributed by atoms with Gasteiger partial charge in [-0.15, -0.1) is 0 Å². The van der Waals surface area contributed by atoms with Crippen molar-refractivity contribution in [3.05, 3.63) is 94.3 Å². The highest BCUT2D eigenvalue weighted by atomic mass is 19.4. The maximum Gasteiger partial charge on any atom is 0.416 e. The van der Waals surface area contributed by atoms with E-state index in [2.05, 4.69) is 15.8 Å². The lowest BCUT2D eigenvalue weighted by Gasteiger charge is -2.41. The molecule has 0 bridgehead atoms. The molecular weight excluding hydrogens is 503 g/mol. The molecule has 0 fully saturated rings. The molecule has 1 aromatic heterocycles. The van der Waals surface area contributed by atoms with Crippen LogP contribution in [0.25, 0.3) is 0 Å². The van der Waals surface area contributed by atoms with E-state index < -0.39 is 29.8 Å². The molecule has 3 aromatic rings. The van der Waals surface area contributed by atoms with E-state index in [1.807, 2.05) is 0 Å². The van der Waals surface area contributed by atoms with Crippen LogP contribution in [-0.2, 0) is 17.5 Å². The predicted octanol–water partition coefficient (Wildman–Crippen LogP) is 5.46.